The highest BCUT2D eigenvalue weighted by Gasteiger charge is 2.18. The standard InChI is InChI=1S/C14H15ClN2O/c1-14(2,3)13-16-11(8-12(18)17-13)9-6-4-5-7-10(9)15/h4-8H,1-3H3,(H,16,17,18). The minimum Gasteiger partial charge on any atom is -0.310 e. The number of aromatic amines is 1. The van der Waals surface area contributed by atoms with Gasteiger partial charge in [-0.1, -0.05) is 50.6 Å². The summed E-state index contributed by atoms with van der Waals surface area (Å²) in [4.78, 5) is 19.0. The summed E-state index contributed by atoms with van der Waals surface area (Å²) in [7, 11) is 0. The molecule has 1 N–H and O–H groups in total. The van der Waals surface area contributed by atoms with Gasteiger partial charge in [-0.05, 0) is 6.07 Å². The fourth-order valence-corrected chi connectivity index (χ4v) is 1.85. The van der Waals surface area contributed by atoms with Crippen molar-refractivity contribution in [3.8, 4) is 11.3 Å². The van der Waals surface area contributed by atoms with Crippen molar-refractivity contribution in [3.05, 3.63) is 51.5 Å². The van der Waals surface area contributed by atoms with E-state index in [1.54, 1.807) is 6.07 Å². The summed E-state index contributed by atoms with van der Waals surface area (Å²) in [6.45, 7) is 6.00. The molecule has 1 aromatic heterocycles. The molecule has 0 radical (unpaired) electrons. The molecule has 0 fully saturated rings. The van der Waals surface area contributed by atoms with Gasteiger partial charge in [-0.25, -0.2) is 4.98 Å². The molecule has 0 saturated heterocycles. The van der Waals surface area contributed by atoms with Gasteiger partial charge in [0.1, 0.15) is 5.82 Å². The fourth-order valence-electron chi connectivity index (χ4n) is 1.62. The van der Waals surface area contributed by atoms with E-state index in [1.807, 2.05) is 39.0 Å². The van der Waals surface area contributed by atoms with Crippen LogP contribution in [-0.4, -0.2) is 9.97 Å². The normalized spacial score (nSPS) is 11.6. The molecule has 0 bridgehead atoms. The van der Waals surface area contributed by atoms with Crippen LogP contribution >= 0.6 is 11.6 Å². The van der Waals surface area contributed by atoms with Crippen LogP contribution in [0, 0.1) is 0 Å². The molecule has 0 unspecified atom stereocenters. The van der Waals surface area contributed by atoms with Crippen molar-refractivity contribution in [1.82, 2.24) is 9.97 Å². The van der Waals surface area contributed by atoms with Crippen molar-refractivity contribution in [2.24, 2.45) is 0 Å². The van der Waals surface area contributed by atoms with Crippen molar-refractivity contribution in [3.63, 3.8) is 0 Å². The van der Waals surface area contributed by atoms with Crippen LogP contribution in [0.4, 0.5) is 0 Å². The molecule has 0 atom stereocenters. The van der Waals surface area contributed by atoms with E-state index in [4.69, 9.17) is 11.6 Å². The topological polar surface area (TPSA) is 45.8 Å². The van der Waals surface area contributed by atoms with Crippen LogP contribution < -0.4 is 5.56 Å². The number of nitrogens with zero attached hydrogens (tertiary/aromatic N) is 1. The van der Waals surface area contributed by atoms with Crippen molar-refractivity contribution in [2.75, 3.05) is 0 Å². The average Bonchev–Trinajstić information content (AvgIpc) is 2.27. The Morgan fingerprint density at radius 2 is 1.89 bits per heavy atom. The van der Waals surface area contributed by atoms with Gasteiger partial charge in [0.15, 0.2) is 0 Å². The van der Waals surface area contributed by atoms with Crippen molar-refractivity contribution in [1.29, 1.82) is 0 Å². The van der Waals surface area contributed by atoms with Gasteiger partial charge in [-0.3, -0.25) is 4.79 Å². The maximum absolute atomic E-state index is 11.7. The maximum atomic E-state index is 11.7. The quantitative estimate of drug-likeness (QED) is 0.856. The Hall–Kier alpha value is -1.61. The lowest BCUT2D eigenvalue weighted by atomic mass is 9.95. The fraction of sp³-hybridized carbons (Fsp3) is 0.286. The third kappa shape index (κ3) is 2.62. The zero-order valence-corrected chi connectivity index (χ0v) is 11.4. The Bertz CT molecular complexity index is 626. The first-order valence-electron chi connectivity index (χ1n) is 5.75. The van der Waals surface area contributed by atoms with E-state index in [2.05, 4.69) is 9.97 Å². The van der Waals surface area contributed by atoms with Gasteiger partial charge < -0.3 is 4.98 Å². The lowest BCUT2D eigenvalue weighted by Crippen LogP contribution is -2.21. The smallest absolute Gasteiger partial charge is 0.251 e. The van der Waals surface area contributed by atoms with E-state index in [0.717, 1.165) is 5.56 Å². The number of halogens is 1. The van der Waals surface area contributed by atoms with Crippen LogP contribution in [0.25, 0.3) is 11.3 Å². The van der Waals surface area contributed by atoms with Crippen LogP contribution in [0.2, 0.25) is 5.02 Å². The van der Waals surface area contributed by atoms with Crippen LogP contribution in [0.5, 0.6) is 0 Å². The third-order valence-electron chi connectivity index (χ3n) is 2.60. The molecule has 4 heteroatoms. The summed E-state index contributed by atoms with van der Waals surface area (Å²) in [6, 6.07) is 8.84. The van der Waals surface area contributed by atoms with E-state index in [9.17, 15) is 4.79 Å². The number of H-pyrrole nitrogens is 1. The lowest BCUT2D eigenvalue weighted by molar-refractivity contribution is 0.543. The number of benzene rings is 1. The van der Waals surface area contributed by atoms with E-state index < -0.39 is 0 Å². The Balaban J connectivity index is 2.63. The molecule has 0 saturated carbocycles. The highest BCUT2D eigenvalue weighted by Crippen LogP contribution is 2.26. The van der Waals surface area contributed by atoms with Crippen molar-refractivity contribution < 1.29 is 0 Å². The minimum absolute atomic E-state index is 0.162. The number of aromatic nitrogens is 2. The summed E-state index contributed by atoms with van der Waals surface area (Å²) >= 11 is 6.13. The van der Waals surface area contributed by atoms with E-state index in [0.29, 0.717) is 16.5 Å². The minimum atomic E-state index is -0.212. The van der Waals surface area contributed by atoms with Crippen molar-refractivity contribution >= 4 is 11.6 Å². The molecule has 1 heterocycles. The summed E-state index contributed by atoms with van der Waals surface area (Å²) in [5.74, 6) is 0.657. The number of hydrogen-bond donors (Lipinski definition) is 1. The Morgan fingerprint density at radius 3 is 2.50 bits per heavy atom. The molecule has 0 spiro atoms. The van der Waals surface area contributed by atoms with Gasteiger partial charge in [0.25, 0.3) is 5.56 Å². The van der Waals surface area contributed by atoms with Gasteiger partial charge >= 0.3 is 0 Å². The molecule has 2 aromatic rings. The van der Waals surface area contributed by atoms with Crippen LogP contribution in [0.1, 0.15) is 26.6 Å². The maximum Gasteiger partial charge on any atom is 0.251 e. The number of nitrogens with one attached hydrogen (secondary N) is 1. The molecule has 2 rings (SSSR count). The molecular weight excluding hydrogens is 248 g/mol. The zero-order chi connectivity index (χ0) is 13.3. The highest BCUT2D eigenvalue weighted by molar-refractivity contribution is 6.33. The Labute approximate surface area is 111 Å². The number of rotatable bonds is 1. The first-order chi connectivity index (χ1) is 8.38. The second-order valence-electron chi connectivity index (χ2n) is 5.21. The van der Waals surface area contributed by atoms with Gasteiger partial charge in [0, 0.05) is 22.1 Å². The van der Waals surface area contributed by atoms with Crippen LogP contribution in [0.3, 0.4) is 0 Å². The Morgan fingerprint density at radius 1 is 1.22 bits per heavy atom. The van der Waals surface area contributed by atoms with Crippen molar-refractivity contribution in [2.45, 2.75) is 26.2 Å². The van der Waals surface area contributed by atoms with Gasteiger partial charge in [0.05, 0.1) is 5.69 Å². The van der Waals surface area contributed by atoms with E-state index in [1.165, 1.54) is 6.07 Å². The molecule has 0 aliphatic rings. The second-order valence-corrected chi connectivity index (χ2v) is 5.62. The van der Waals surface area contributed by atoms with Gasteiger partial charge in [-0.15, -0.1) is 0 Å². The van der Waals surface area contributed by atoms with E-state index in [-0.39, 0.29) is 11.0 Å². The summed E-state index contributed by atoms with van der Waals surface area (Å²) in [6.07, 6.45) is 0. The molecule has 0 aliphatic heterocycles. The number of hydrogen-bond acceptors (Lipinski definition) is 2. The molecule has 18 heavy (non-hydrogen) atoms. The SMILES string of the molecule is CC(C)(C)c1nc(-c2ccccc2Cl)cc(=O)[nH]1. The van der Waals surface area contributed by atoms with E-state index >= 15 is 0 Å². The molecule has 0 amide bonds. The molecular formula is C14H15ClN2O. The molecule has 0 aliphatic carbocycles. The predicted molar refractivity (Wildman–Crippen MR) is 74.0 cm³/mol. The average molecular weight is 263 g/mol. The second kappa shape index (κ2) is 4.58. The van der Waals surface area contributed by atoms with Crippen LogP contribution in [-0.2, 0) is 5.41 Å². The lowest BCUT2D eigenvalue weighted by Gasteiger charge is -2.17. The summed E-state index contributed by atoms with van der Waals surface area (Å²) in [5.41, 5.74) is 1.01. The highest BCUT2D eigenvalue weighted by atomic mass is 35.5. The zero-order valence-electron chi connectivity index (χ0n) is 10.6. The molecule has 3 nitrogen and oxygen atoms in total. The molecule has 1 aromatic carbocycles. The monoisotopic (exact) mass is 262 g/mol. The molecule has 94 valence electrons. The third-order valence-corrected chi connectivity index (χ3v) is 2.93. The Kier molecular flexibility index (Phi) is 3.26. The summed E-state index contributed by atoms with van der Waals surface area (Å²) in [5, 5.41) is 0.593. The largest absolute Gasteiger partial charge is 0.310 e. The van der Waals surface area contributed by atoms with Gasteiger partial charge in [0.2, 0.25) is 0 Å². The summed E-state index contributed by atoms with van der Waals surface area (Å²) < 4.78 is 0. The predicted octanol–water partition coefficient (Wildman–Crippen LogP) is 3.39. The first-order valence-corrected chi connectivity index (χ1v) is 6.12. The first kappa shape index (κ1) is 12.8. The van der Waals surface area contributed by atoms with Gasteiger partial charge in [-0.2, -0.15) is 0 Å². The van der Waals surface area contributed by atoms with Crippen LogP contribution in [0.15, 0.2) is 35.1 Å².